The van der Waals surface area contributed by atoms with Crippen molar-refractivity contribution in [2.75, 3.05) is 4.90 Å². The van der Waals surface area contributed by atoms with E-state index in [2.05, 4.69) is 210 Å². The first kappa shape index (κ1) is 34.1. The third kappa shape index (κ3) is 5.52. The fraction of sp³-hybridized carbons (Fsp3) is 0.208. The van der Waals surface area contributed by atoms with E-state index in [4.69, 9.17) is 0 Å². The van der Waals surface area contributed by atoms with Crippen molar-refractivity contribution in [3.05, 3.63) is 186 Å². The maximum atomic E-state index is 2.53. The first-order valence-electron chi connectivity index (χ1n) is 19.6. The van der Waals surface area contributed by atoms with Crippen LogP contribution in [-0.2, 0) is 16.2 Å². The number of rotatable bonds is 6. The van der Waals surface area contributed by atoms with Gasteiger partial charge in [-0.25, -0.2) is 0 Å². The van der Waals surface area contributed by atoms with Crippen molar-refractivity contribution < 1.29 is 0 Å². The van der Waals surface area contributed by atoms with Crippen molar-refractivity contribution >= 4 is 17.1 Å². The van der Waals surface area contributed by atoms with Gasteiger partial charge in [0.05, 0.1) is 5.69 Å². The van der Waals surface area contributed by atoms with E-state index in [0.717, 1.165) is 17.8 Å². The van der Waals surface area contributed by atoms with Crippen molar-refractivity contribution in [2.45, 2.75) is 70.6 Å². The Balaban J connectivity index is 1.30. The van der Waals surface area contributed by atoms with Crippen LogP contribution in [0.4, 0.5) is 17.1 Å². The minimum Gasteiger partial charge on any atom is -0.310 e. The molecule has 2 aliphatic rings. The van der Waals surface area contributed by atoms with Gasteiger partial charge >= 0.3 is 0 Å². The Labute approximate surface area is 322 Å². The Morgan fingerprint density at radius 1 is 0.370 bits per heavy atom. The summed E-state index contributed by atoms with van der Waals surface area (Å²) in [4.78, 5) is 2.50. The summed E-state index contributed by atoms with van der Waals surface area (Å²) in [5.74, 6) is 0. The van der Waals surface area contributed by atoms with Crippen molar-refractivity contribution in [2.24, 2.45) is 0 Å². The van der Waals surface area contributed by atoms with Gasteiger partial charge in [-0.2, -0.15) is 0 Å². The number of fused-ring (bicyclic) bond motifs is 4. The van der Waals surface area contributed by atoms with E-state index in [0.29, 0.717) is 0 Å². The van der Waals surface area contributed by atoms with Crippen LogP contribution in [0.2, 0.25) is 0 Å². The molecule has 0 aromatic heterocycles. The number of benzene rings is 7. The quantitative estimate of drug-likeness (QED) is 0.167. The molecule has 0 bridgehead atoms. The van der Waals surface area contributed by atoms with Crippen LogP contribution in [0.3, 0.4) is 0 Å². The highest BCUT2D eigenvalue weighted by molar-refractivity contribution is 5.96. The van der Waals surface area contributed by atoms with Crippen LogP contribution >= 0.6 is 0 Å². The predicted octanol–water partition coefficient (Wildman–Crippen LogP) is 14.8. The van der Waals surface area contributed by atoms with Gasteiger partial charge in [0.15, 0.2) is 0 Å². The molecule has 0 atom stereocenters. The smallest absolute Gasteiger partial charge is 0.0543 e. The van der Waals surface area contributed by atoms with Crippen molar-refractivity contribution in [1.82, 2.24) is 0 Å². The number of para-hydroxylation sites is 1. The van der Waals surface area contributed by atoms with Gasteiger partial charge in [-0.3, -0.25) is 0 Å². The predicted molar refractivity (Wildman–Crippen MR) is 230 cm³/mol. The molecular formula is C53H49N. The molecule has 9 rings (SSSR count). The molecule has 266 valence electrons. The molecule has 0 fully saturated rings. The van der Waals surface area contributed by atoms with E-state index in [9.17, 15) is 0 Å². The monoisotopic (exact) mass is 699 g/mol. The number of anilines is 3. The van der Waals surface area contributed by atoms with Crippen LogP contribution in [0, 0.1) is 0 Å². The molecule has 7 aromatic carbocycles. The van der Waals surface area contributed by atoms with Gasteiger partial charge in [0.1, 0.15) is 0 Å². The number of nitrogens with zero attached hydrogens (tertiary/aromatic N) is 1. The van der Waals surface area contributed by atoms with Crippen LogP contribution in [0.25, 0.3) is 44.5 Å². The maximum Gasteiger partial charge on any atom is 0.0543 e. The molecule has 0 saturated heterocycles. The minimum absolute atomic E-state index is 0.0419. The van der Waals surface area contributed by atoms with Gasteiger partial charge in [0.2, 0.25) is 0 Å². The maximum absolute atomic E-state index is 2.53. The molecule has 0 radical (unpaired) electrons. The first-order chi connectivity index (χ1) is 26.0. The lowest BCUT2D eigenvalue weighted by Gasteiger charge is -2.43. The Morgan fingerprint density at radius 2 is 0.889 bits per heavy atom. The molecule has 0 amide bonds. The normalized spacial score (nSPS) is 15.9. The third-order valence-corrected chi connectivity index (χ3v) is 12.5. The van der Waals surface area contributed by atoms with E-state index >= 15 is 0 Å². The van der Waals surface area contributed by atoms with Crippen molar-refractivity contribution in [1.29, 1.82) is 0 Å². The molecule has 0 unspecified atom stereocenters. The summed E-state index contributed by atoms with van der Waals surface area (Å²) in [6.45, 7) is 14.6. The topological polar surface area (TPSA) is 3.24 Å². The number of hydrogen-bond acceptors (Lipinski definition) is 1. The average Bonchev–Trinajstić information content (AvgIpc) is 3.42. The summed E-state index contributed by atoms with van der Waals surface area (Å²) in [6.07, 6.45) is 2.35. The summed E-state index contributed by atoms with van der Waals surface area (Å²) >= 11 is 0. The van der Waals surface area contributed by atoms with E-state index in [1.54, 1.807) is 0 Å². The standard InChI is InChI=1S/C53H49N/c1-51(2)32-33-52(3,4)50-43(25-17-27-47(50)51)45-34-44-42-24-15-16-26-46(42)53(5,6)48(44)35-49(45)54(38-20-11-8-12-21-38)39-30-28-37(29-31-39)41-23-14-13-22-40(41)36-18-9-7-10-19-36/h7-31,34-35H,32-33H2,1-6H3. The third-order valence-electron chi connectivity index (χ3n) is 12.5. The minimum atomic E-state index is -0.135. The first-order valence-corrected chi connectivity index (χ1v) is 19.6. The van der Waals surface area contributed by atoms with Crippen LogP contribution in [0.1, 0.15) is 76.6 Å². The van der Waals surface area contributed by atoms with Gasteiger partial charge < -0.3 is 4.90 Å². The molecule has 0 saturated carbocycles. The summed E-state index contributed by atoms with van der Waals surface area (Å²) in [7, 11) is 0. The summed E-state index contributed by atoms with van der Waals surface area (Å²) in [5, 5.41) is 0. The molecular weight excluding hydrogens is 651 g/mol. The van der Waals surface area contributed by atoms with Gasteiger partial charge in [-0.1, -0.05) is 169 Å². The lowest BCUT2D eigenvalue weighted by molar-refractivity contribution is 0.333. The molecule has 0 spiro atoms. The van der Waals surface area contributed by atoms with Gasteiger partial charge in [0.25, 0.3) is 0 Å². The molecule has 1 nitrogen and oxygen atoms in total. The van der Waals surface area contributed by atoms with Crippen LogP contribution in [0.5, 0.6) is 0 Å². The summed E-state index contributed by atoms with van der Waals surface area (Å²) < 4.78 is 0. The Morgan fingerprint density at radius 3 is 1.57 bits per heavy atom. The van der Waals surface area contributed by atoms with Crippen LogP contribution in [0.15, 0.2) is 164 Å². The Kier molecular flexibility index (Phi) is 8.05. The average molecular weight is 700 g/mol. The highest BCUT2D eigenvalue weighted by atomic mass is 15.1. The zero-order valence-corrected chi connectivity index (χ0v) is 32.4. The summed E-state index contributed by atoms with van der Waals surface area (Å²) in [6, 6.07) is 60.8. The fourth-order valence-electron chi connectivity index (χ4n) is 9.49. The van der Waals surface area contributed by atoms with E-state index < -0.39 is 0 Å². The van der Waals surface area contributed by atoms with Gasteiger partial charge in [0, 0.05) is 22.4 Å². The summed E-state index contributed by atoms with van der Waals surface area (Å²) in [5.41, 5.74) is 19.5. The molecule has 7 aromatic rings. The van der Waals surface area contributed by atoms with Crippen molar-refractivity contribution in [3.8, 4) is 44.5 Å². The van der Waals surface area contributed by atoms with Crippen LogP contribution in [-0.4, -0.2) is 0 Å². The van der Waals surface area contributed by atoms with E-state index in [-0.39, 0.29) is 16.2 Å². The molecule has 54 heavy (non-hydrogen) atoms. The zero-order chi connectivity index (χ0) is 37.2. The molecule has 2 aliphatic carbocycles. The second-order valence-electron chi connectivity index (χ2n) is 17.2. The second kappa shape index (κ2) is 12.7. The Bertz CT molecular complexity index is 2500. The van der Waals surface area contributed by atoms with Gasteiger partial charge in [-0.15, -0.1) is 0 Å². The largest absolute Gasteiger partial charge is 0.310 e. The number of hydrogen-bond donors (Lipinski definition) is 0. The molecule has 1 heteroatoms. The Hall–Kier alpha value is -5.66. The highest BCUT2D eigenvalue weighted by Crippen LogP contribution is 2.56. The SMILES string of the molecule is CC1(C)CCC(C)(C)c2c(-c3cc4c(cc3N(c3ccccc3)c3ccc(-c5ccccc5-c5ccccc5)cc3)C(C)(C)c3ccccc3-4)cccc21. The van der Waals surface area contributed by atoms with E-state index in [1.807, 2.05) is 0 Å². The van der Waals surface area contributed by atoms with Crippen molar-refractivity contribution in [3.63, 3.8) is 0 Å². The lowest BCUT2D eigenvalue weighted by Crippen LogP contribution is -2.34. The van der Waals surface area contributed by atoms with Crippen LogP contribution < -0.4 is 4.90 Å². The molecule has 0 heterocycles. The zero-order valence-electron chi connectivity index (χ0n) is 32.4. The lowest BCUT2D eigenvalue weighted by atomic mass is 9.61. The van der Waals surface area contributed by atoms with Gasteiger partial charge in [-0.05, 0) is 121 Å². The molecule has 0 N–H and O–H groups in total. The fourth-order valence-corrected chi connectivity index (χ4v) is 9.49. The highest BCUT2D eigenvalue weighted by Gasteiger charge is 2.41. The second-order valence-corrected chi connectivity index (χ2v) is 17.2. The van der Waals surface area contributed by atoms with E-state index in [1.165, 1.54) is 78.9 Å². The molecule has 0 aliphatic heterocycles.